The van der Waals surface area contributed by atoms with E-state index in [4.69, 9.17) is 5.11 Å². The van der Waals surface area contributed by atoms with E-state index in [2.05, 4.69) is 5.32 Å². The average molecular weight is 272 g/mol. The first-order valence-electron chi connectivity index (χ1n) is 6.84. The smallest absolute Gasteiger partial charge is 0.326 e. The second-order valence-electron chi connectivity index (χ2n) is 5.31. The number of carboxylic acids is 1. The molecule has 0 aromatic rings. The third kappa shape index (κ3) is 4.38. The van der Waals surface area contributed by atoms with Gasteiger partial charge in [-0.2, -0.15) is 0 Å². The van der Waals surface area contributed by atoms with Crippen LogP contribution in [0.25, 0.3) is 0 Å². The van der Waals surface area contributed by atoms with Gasteiger partial charge in [-0.3, -0.25) is 0 Å². The van der Waals surface area contributed by atoms with Crippen LogP contribution in [0.15, 0.2) is 0 Å². The number of nitrogens with zero attached hydrogens (tertiary/aromatic N) is 1. The topological polar surface area (TPSA) is 89.9 Å². The number of aliphatic hydroxyl groups excluding tert-OH is 1. The maximum atomic E-state index is 11.9. The van der Waals surface area contributed by atoms with E-state index in [0.717, 1.165) is 32.1 Å². The van der Waals surface area contributed by atoms with Crippen molar-refractivity contribution in [3.63, 3.8) is 0 Å². The van der Waals surface area contributed by atoms with Crippen molar-refractivity contribution in [2.45, 2.75) is 51.1 Å². The lowest BCUT2D eigenvalue weighted by molar-refractivity contribution is -0.141. The number of hydrogen-bond acceptors (Lipinski definition) is 3. The molecule has 2 atom stereocenters. The van der Waals surface area contributed by atoms with Crippen LogP contribution in [0, 0.1) is 5.92 Å². The van der Waals surface area contributed by atoms with E-state index < -0.39 is 18.0 Å². The van der Waals surface area contributed by atoms with Crippen LogP contribution in [0.3, 0.4) is 0 Å². The first-order chi connectivity index (χ1) is 8.97. The van der Waals surface area contributed by atoms with Crippen LogP contribution in [0.5, 0.6) is 0 Å². The standard InChI is InChI=1S/C13H24N2O4/c1-9(8-16)15(2)13(19)14-11(12(17)18)10-6-4-3-5-7-10/h9-11,16H,3-8H2,1-2H3,(H,14,19)(H,17,18). The molecule has 19 heavy (non-hydrogen) atoms. The van der Waals surface area contributed by atoms with Crippen LogP contribution in [-0.4, -0.2) is 52.9 Å². The number of carbonyl (C=O) groups excluding carboxylic acids is 1. The third-order valence-corrected chi connectivity index (χ3v) is 3.91. The molecule has 1 saturated carbocycles. The summed E-state index contributed by atoms with van der Waals surface area (Å²) in [5.74, 6) is -0.974. The van der Waals surface area contributed by atoms with Gasteiger partial charge in [-0.25, -0.2) is 9.59 Å². The van der Waals surface area contributed by atoms with Crippen molar-refractivity contribution in [3.8, 4) is 0 Å². The Balaban J connectivity index is 2.62. The number of hydrogen-bond donors (Lipinski definition) is 3. The fourth-order valence-corrected chi connectivity index (χ4v) is 2.41. The Bertz CT molecular complexity index is 316. The summed E-state index contributed by atoms with van der Waals surface area (Å²) in [5.41, 5.74) is 0. The van der Waals surface area contributed by atoms with Gasteiger partial charge in [-0.1, -0.05) is 19.3 Å². The van der Waals surface area contributed by atoms with E-state index >= 15 is 0 Å². The largest absolute Gasteiger partial charge is 0.480 e. The molecule has 6 nitrogen and oxygen atoms in total. The molecule has 0 heterocycles. The second-order valence-corrected chi connectivity index (χ2v) is 5.31. The number of rotatable bonds is 5. The zero-order chi connectivity index (χ0) is 14.4. The maximum absolute atomic E-state index is 11.9. The fraction of sp³-hybridized carbons (Fsp3) is 0.846. The third-order valence-electron chi connectivity index (χ3n) is 3.91. The zero-order valence-corrected chi connectivity index (χ0v) is 11.6. The minimum Gasteiger partial charge on any atom is -0.480 e. The zero-order valence-electron chi connectivity index (χ0n) is 11.6. The highest BCUT2D eigenvalue weighted by atomic mass is 16.4. The average Bonchev–Trinajstić information content (AvgIpc) is 2.43. The van der Waals surface area contributed by atoms with Crippen molar-refractivity contribution in [2.24, 2.45) is 5.92 Å². The molecule has 1 rings (SSSR count). The number of nitrogens with one attached hydrogen (secondary N) is 1. The monoisotopic (exact) mass is 272 g/mol. The lowest BCUT2D eigenvalue weighted by atomic mass is 9.84. The number of urea groups is 1. The molecule has 0 saturated heterocycles. The van der Waals surface area contributed by atoms with Gasteiger partial charge in [-0.05, 0) is 25.7 Å². The maximum Gasteiger partial charge on any atom is 0.326 e. The van der Waals surface area contributed by atoms with Crippen LogP contribution in [0.4, 0.5) is 4.79 Å². The molecule has 0 radical (unpaired) electrons. The van der Waals surface area contributed by atoms with Gasteiger partial charge >= 0.3 is 12.0 Å². The van der Waals surface area contributed by atoms with Crippen LogP contribution >= 0.6 is 0 Å². The predicted molar refractivity (Wildman–Crippen MR) is 70.8 cm³/mol. The van der Waals surface area contributed by atoms with Crippen molar-refractivity contribution in [3.05, 3.63) is 0 Å². The lowest BCUT2D eigenvalue weighted by Crippen LogP contribution is -2.52. The molecular formula is C13H24N2O4. The molecule has 0 aromatic heterocycles. The summed E-state index contributed by atoms with van der Waals surface area (Å²) >= 11 is 0. The van der Waals surface area contributed by atoms with Crippen molar-refractivity contribution < 1.29 is 19.8 Å². The fourth-order valence-electron chi connectivity index (χ4n) is 2.41. The van der Waals surface area contributed by atoms with Crippen molar-refractivity contribution in [2.75, 3.05) is 13.7 Å². The van der Waals surface area contributed by atoms with Gasteiger partial charge in [-0.15, -0.1) is 0 Å². The number of carbonyl (C=O) groups is 2. The van der Waals surface area contributed by atoms with Gasteiger partial charge in [0, 0.05) is 7.05 Å². The molecule has 0 bridgehead atoms. The Labute approximate surface area is 113 Å². The Hall–Kier alpha value is -1.30. The van der Waals surface area contributed by atoms with Crippen molar-refractivity contribution in [1.29, 1.82) is 0 Å². The Morgan fingerprint density at radius 3 is 2.37 bits per heavy atom. The van der Waals surface area contributed by atoms with E-state index in [9.17, 15) is 14.7 Å². The molecule has 6 heteroatoms. The van der Waals surface area contributed by atoms with Gasteiger partial charge in [0.2, 0.25) is 0 Å². The highest BCUT2D eigenvalue weighted by molar-refractivity contribution is 5.82. The van der Waals surface area contributed by atoms with Crippen LogP contribution in [0.2, 0.25) is 0 Å². The Morgan fingerprint density at radius 1 is 1.32 bits per heavy atom. The van der Waals surface area contributed by atoms with Crippen LogP contribution < -0.4 is 5.32 Å². The Morgan fingerprint density at radius 2 is 1.89 bits per heavy atom. The predicted octanol–water partition coefficient (Wildman–Crippen LogP) is 1.04. The number of likely N-dealkylation sites (N-methyl/N-ethyl adjacent to an activating group) is 1. The molecule has 0 spiro atoms. The van der Waals surface area contributed by atoms with E-state index in [-0.39, 0.29) is 18.6 Å². The van der Waals surface area contributed by atoms with Gasteiger partial charge in [0.05, 0.1) is 12.6 Å². The molecule has 0 aromatic carbocycles. The minimum absolute atomic E-state index is 0.00744. The number of aliphatic carboxylic acids is 1. The molecule has 3 N–H and O–H groups in total. The summed E-state index contributed by atoms with van der Waals surface area (Å²) in [7, 11) is 1.55. The highest BCUT2D eigenvalue weighted by Crippen LogP contribution is 2.26. The molecule has 2 amide bonds. The molecular weight excluding hydrogens is 248 g/mol. The minimum atomic E-state index is -0.981. The molecule has 1 fully saturated rings. The summed E-state index contributed by atoms with van der Waals surface area (Å²) in [6.45, 7) is 1.56. The molecule has 2 unspecified atom stereocenters. The summed E-state index contributed by atoms with van der Waals surface area (Å²) in [6.07, 6.45) is 4.87. The Kier molecular flexibility index (Phi) is 6.08. The second kappa shape index (κ2) is 7.33. The normalized spacial score (nSPS) is 19.5. The van der Waals surface area contributed by atoms with Gasteiger partial charge in [0.15, 0.2) is 0 Å². The SMILES string of the molecule is CC(CO)N(C)C(=O)NC(C(=O)O)C1CCCCC1. The summed E-state index contributed by atoms with van der Waals surface area (Å²) in [6, 6.07) is -1.61. The molecule has 1 aliphatic rings. The number of carboxylic acid groups (broad SMARTS) is 1. The summed E-state index contributed by atoms with van der Waals surface area (Å²) < 4.78 is 0. The van der Waals surface area contributed by atoms with Gasteiger partial charge < -0.3 is 20.4 Å². The summed E-state index contributed by atoms with van der Waals surface area (Å²) in [4.78, 5) is 24.6. The van der Waals surface area contributed by atoms with E-state index in [1.165, 1.54) is 4.90 Å². The van der Waals surface area contributed by atoms with E-state index in [1.807, 2.05) is 0 Å². The van der Waals surface area contributed by atoms with Crippen molar-refractivity contribution >= 4 is 12.0 Å². The molecule has 110 valence electrons. The molecule has 0 aliphatic heterocycles. The van der Waals surface area contributed by atoms with Crippen molar-refractivity contribution in [1.82, 2.24) is 10.2 Å². The van der Waals surface area contributed by atoms with E-state index in [1.54, 1.807) is 14.0 Å². The number of aliphatic hydroxyl groups is 1. The lowest BCUT2D eigenvalue weighted by Gasteiger charge is -2.31. The van der Waals surface area contributed by atoms with Crippen LogP contribution in [0.1, 0.15) is 39.0 Å². The first-order valence-corrected chi connectivity index (χ1v) is 6.84. The van der Waals surface area contributed by atoms with Gasteiger partial charge in [0.25, 0.3) is 0 Å². The summed E-state index contributed by atoms with van der Waals surface area (Å²) in [5, 5.41) is 20.9. The highest BCUT2D eigenvalue weighted by Gasteiger charge is 2.31. The van der Waals surface area contributed by atoms with E-state index in [0.29, 0.717) is 0 Å². The van der Waals surface area contributed by atoms with Crippen LogP contribution in [-0.2, 0) is 4.79 Å². The van der Waals surface area contributed by atoms with Gasteiger partial charge in [0.1, 0.15) is 6.04 Å². The first kappa shape index (κ1) is 15.8. The quantitative estimate of drug-likeness (QED) is 0.697. The number of amides is 2. The molecule has 1 aliphatic carbocycles.